The maximum Gasteiger partial charge on any atom is 0.322 e. The molecule has 44 heavy (non-hydrogen) atoms. The van der Waals surface area contributed by atoms with Gasteiger partial charge in [-0.2, -0.15) is 0 Å². The van der Waals surface area contributed by atoms with Crippen molar-refractivity contribution in [3.05, 3.63) is 64.7 Å². The maximum atomic E-state index is 15.0. The number of rotatable bonds is 12. The molecule has 4 N–H and O–H groups in total. The van der Waals surface area contributed by atoms with E-state index in [4.69, 9.17) is 9.15 Å². The van der Waals surface area contributed by atoms with Gasteiger partial charge in [-0.3, -0.25) is 19.7 Å². The third-order valence-electron chi connectivity index (χ3n) is 7.47. The zero-order valence-electron chi connectivity index (χ0n) is 24.2. The molecule has 2 aliphatic heterocycles. The first-order valence-electron chi connectivity index (χ1n) is 13.5. The smallest absolute Gasteiger partial charge is 0.322 e. The van der Waals surface area contributed by atoms with E-state index in [2.05, 4.69) is 20.7 Å². The molecule has 0 radical (unpaired) electrons. The van der Waals surface area contributed by atoms with E-state index in [0.717, 1.165) is 17.9 Å². The summed E-state index contributed by atoms with van der Waals surface area (Å²) in [5.41, 5.74) is -0.924. The largest absolute Gasteiger partial charge is 0.497 e. The Kier molecular flexibility index (Phi) is 8.33. The summed E-state index contributed by atoms with van der Waals surface area (Å²) in [5.74, 6) is -2.23. The summed E-state index contributed by atoms with van der Waals surface area (Å²) in [5, 5.41) is 7.69. The lowest BCUT2D eigenvalue weighted by molar-refractivity contribution is -0.125. The van der Waals surface area contributed by atoms with E-state index in [0.29, 0.717) is 29.8 Å². The molecule has 3 heterocycles. The van der Waals surface area contributed by atoms with Crippen LogP contribution in [0, 0.1) is 5.82 Å². The average molecular weight is 631 g/mol. The highest BCUT2D eigenvalue weighted by Gasteiger charge is 2.53. The lowest BCUT2D eigenvalue weighted by Crippen LogP contribution is -2.52. The Balaban J connectivity index is 1.33. The number of benzene rings is 2. The highest BCUT2D eigenvalue weighted by Crippen LogP contribution is 2.35. The number of likely N-dealkylation sites (N-methyl/N-ethyl adjacent to an activating group) is 1. The molecule has 1 unspecified atom stereocenters. The highest BCUT2D eigenvalue weighted by atomic mass is 32.2. The topological polar surface area (TPSA) is 179 Å². The number of fused-ring (bicyclic) bond motifs is 2. The third-order valence-corrected chi connectivity index (χ3v) is 8.20. The first kappa shape index (κ1) is 30.9. The summed E-state index contributed by atoms with van der Waals surface area (Å²) in [4.78, 5) is 54.7. The zero-order valence-corrected chi connectivity index (χ0v) is 25.0. The van der Waals surface area contributed by atoms with E-state index in [1.54, 1.807) is 30.1 Å². The molecule has 234 valence electrons. The summed E-state index contributed by atoms with van der Waals surface area (Å²) in [6.07, 6.45) is 1.06. The summed E-state index contributed by atoms with van der Waals surface area (Å²) >= 11 is 0. The Bertz CT molecular complexity index is 1780. The van der Waals surface area contributed by atoms with Crippen LogP contribution in [0.2, 0.25) is 0 Å². The summed E-state index contributed by atoms with van der Waals surface area (Å²) in [6.45, 7) is 1.03. The minimum absolute atomic E-state index is 0.0289. The van der Waals surface area contributed by atoms with Crippen LogP contribution in [-0.2, 0) is 26.9 Å². The minimum Gasteiger partial charge on any atom is -0.497 e. The summed E-state index contributed by atoms with van der Waals surface area (Å²) in [7, 11) is -0.0819. The Morgan fingerprint density at radius 3 is 2.59 bits per heavy atom. The molecule has 16 heteroatoms. The van der Waals surface area contributed by atoms with Gasteiger partial charge in [0.15, 0.2) is 5.54 Å². The van der Waals surface area contributed by atoms with Gasteiger partial charge >= 0.3 is 6.03 Å². The molecule has 0 spiro atoms. The second-order valence-electron chi connectivity index (χ2n) is 10.7. The molecule has 2 aliphatic rings. The van der Waals surface area contributed by atoms with Gasteiger partial charge in [-0.1, -0.05) is 6.07 Å². The molecule has 14 nitrogen and oxygen atoms in total. The van der Waals surface area contributed by atoms with E-state index >= 15 is 4.39 Å². The van der Waals surface area contributed by atoms with Crippen LogP contribution in [0.25, 0.3) is 11.0 Å². The number of urea groups is 1. The van der Waals surface area contributed by atoms with Crippen LogP contribution in [0.15, 0.2) is 40.8 Å². The number of furan rings is 1. The fraction of sp³-hybridized carbons (Fsp3) is 0.357. The van der Waals surface area contributed by atoms with E-state index < -0.39 is 39.2 Å². The predicted octanol–water partition coefficient (Wildman–Crippen LogP) is 0.482. The van der Waals surface area contributed by atoms with Gasteiger partial charge < -0.3 is 29.6 Å². The maximum absolute atomic E-state index is 15.0. The lowest BCUT2D eigenvalue weighted by Gasteiger charge is -2.29. The second-order valence-corrected chi connectivity index (χ2v) is 12.5. The molecule has 5 rings (SSSR count). The van der Waals surface area contributed by atoms with Crippen LogP contribution in [-0.4, -0.2) is 95.1 Å². The van der Waals surface area contributed by atoms with E-state index in [9.17, 15) is 27.6 Å². The molecule has 1 saturated heterocycles. The van der Waals surface area contributed by atoms with Gasteiger partial charge in [0, 0.05) is 49.7 Å². The second kappa shape index (κ2) is 11.9. The Morgan fingerprint density at radius 1 is 1.16 bits per heavy atom. The number of imide groups is 1. The molecule has 0 bridgehead atoms. The predicted molar refractivity (Wildman–Crippen MR) is 155 cm³/mol. The van der Waals surface area contributed by atoms with Crippen molar-refractivity contribution in [2.45, 2.75) is 12.1 Å². The van der Waals surface area contributed by atoms with Crippen LogP contribution in [0.4, 0.5) is 9.18 Å². The average Bonchev–Trinajstić information content (AvgIpc) is 3.60. The number of ether oxygens (including phenoxy) is 1. The Hall–Kier alpha value is -4.54. The van der Waals surface area contributed by atoms with Crippen molar-refractivity contribution in [2.24, 2.45) is 0 Å². The van der Waals surface area contributed by atoms with Gasteiger partial charge in [-0.05, 0) is 36.9 Å². The molecule has 0 aliphatic carbocycles. The summed E-state index contributed by atoms with van der Waals surface area (Å²) in [6, 6.07) is 8.00. The standard InChI is InChI=1S/C28H31FN6O8S/c1-34(9-7-31-44(3,40)41)8-6-30-24(36)20-10-17-11-23(43-22(17)13-21(20)29)28(26(38)32-27(39)33-28)15-35-14-16-4-5-18(42-2)12-19(16)25(35)37/h4-5,10-13,31H,6-9,14-15H2,1-3H3,(H,30,36)(H2,32,33,38,39). The molecule has 1 fully saturated rings. The number of methoxy groups -OCH3 is 1. The molecule has 1 aromatic heterocycles. The third kappa shape index (κ3) is 6.22. The van der Waals surface area contributed by atoms with Gasteiger partial charge in [0.25, 0.3) is 17.7 Å². The number of carbonyl (C=O) groups is 4. The molecule has 5 amide bonds. The van der Waals surface area contributed by atoms with E-state index in [1.165, 1.54) is 24.1 Å². The van der Waals surface area contributed by atoms with Gasteiger partial charge in [-0.15, -0.1) is 0 Å². The molecule has 0 saturated carbocycles. The Labute approximate surface area is 251 Å². The van der Waals surface area contributed by atoms with Crippen molar-refractivity contribution >= 4 is 44.7 Å². The first-order chi connectivity index (χ1) is 20.8. The zero-order chi connectivity index (χ0) is 31.8. The van der Waals surface area contributed by atoms with Crippen LogP contribution in [0.5, 0.6) is 5.75 Å². The number of sulfonamides is 1. The molecule has 1 atom stereocenters. The van der Waals surface area contributed by atoms with E-state index in [1.807, 2.05) is 0 Å². The summed E-state index contributed by atoms with van der Waals surface area (Å²) < 4.78 is 50.9. The van der Waals surface area contributed by atoms with Gasteiger partial charge in [0.2, 0.25) is 10.0 Å². The first-order valence-corrected chi connectivity index (χ1v) is 15.4. The molecular weight excluding hydrogens is 599 g/mol. The number of carbonyl (C=O) groups excluding carboxylic acids is 4. The van der Waals surface area contributed by atoms with Crippen LogP contribution >= 0.6 is 0 Å². The van der Waals surface area contributed by atoms with Gasteiger partial charge in [0.1, 0.15) is 22.9 Å². The van der Waals surface area contributed by atoms with Crippen LogP contribution in [0.3, 0.4) is 0 Å². The fourth-order valence-corrected chi connectivity index (χ4v) is 5.63. The number of nitrogens with zero attached hydrogens (tertiary/aromatic N) is 2. The van der Waals surface area contributed by atoms with Crippen molar-refractivity contribution in [1.29, 1.82) is 0 Å². The molecule has 3 aromatic rings. The lowest BCUT2D eigenvalue weighted by atomic mass is 9.95. The van der Waals surface area contributed by atoms with E-state index in [-0.39, 0.29) is 49.0 Å². The van der Waals surface area contributed by atoms with Crippen LogP contribution in [0.1, 0.15) is 32.0 Å². The normalized spacial score (nSPS) is 18.1. The highest BCUT2D eigenvalue weighted by molar-refractivity contribution is 7.88. The van der Waals surface area contributed by atoms with Gasteiger partial charge in [-0.25, -0.2) is 22.3 Å². The van der Waals surface area contributed by atoms with Crippen molar-refractivity contribution in [3.63, 3.8) is 0 Å². The monoisotopic (exact) mass is 630 g/mol. The minimum atomic E-state index is -3.31. The molecule has 2 aromatic carbocycles. The van der Waals surface area contributed by atoms with Crippen LogP contribution < -0.4 is 25.4 Å². The van der Waals surface area contributed by atoms with Crippen molar-refractivity contribution in [1.82, 2.24) is 30.5 Å². The van der Waals surface area contributed by atoms with Gasteiger partial charge in [0.05, 0.1) is 25.5 Å². The number of amides is 5. The Morgan fingerprint density at radius 2 is 1.91 bits per heavy atom. The van der Waals surface area contributed by atoms with Crippen molar-refractivity contribution < 1.29 is 41.1 Å². The number of hydrogen-bond donors (Lipinski definition) is 4. The van der Waals surface area contributed by atoms with Crippen molar-refractivity contribution in [3.8, 4) is 5.75 Å². The SMILES string of the molecule is COc1ccc2c(c1)C(=O)N(CC1(c3cc4cc(C(=O)NCCN(C)CCNS(C)(=O)=O)c(F)cc4o3)NC(=O)NC1=O)C2. The molecular formula is C28H31FN6O8S. The number of hydrogen-bond acceptors (Lipinski definition) is 9. The fourth-order valence-electron chi connectivity index (χ4n) is 5.17. The quantitative estimate of drug-likeness (QED) is 0.207. The number of nitrogens with one attached hydrogen (secondary N) is 4. The van der Waals surface area contributed by atoms with Crippen molar-refractivity contribution in [2.75, 3.05) is 53.1 Å². The number of halogens is 1.